The van der Waals surface area contributed by atoms with Gasteiger partial charge in [0.1, 0.15) is 6.33 Å². The summed E-state index contributed by atoms with van der Waals surface area (Å²) in [4.78, 5) is 15.6. The summed E-state index contributed by atoms with van der Waals surface area (Å²) < 4.78 is 2.02. The molecule has 0 aliphatic heterocycles. The Morgan fingerprint density at radius 1 is 1.24 bits per heavy atom. The van der Waals surface area contributed by atoms with Crippen LogP contribution in [0.5, 0.6) is 0 Å². The third kappa shape index (κ3) is 1.96. The second kappa shape index (κ2) is 4.58. The number of aromatic nitrogens is 4. The van der Waals surface area contributed by atoms with Crippen molar-refractivity contribution in [2.45, 2.75) is 31.7 Å². The minimum atomic E-state index is 0.562. The normalized spacial score (nSPS) is 27.5. The van der Waals surface area contributed by atoms with Crippen molar-refractivity contribution in [3.8, 4) is 0 Å². The molecule has 3 unspecified atom stereocenters. The molecular weight excluding hydrogens is 264 g/mol. The number of imidazole rings is 1. The van der Waals surface area contributed by atoms with Crippen molar-refractivity contribution in [2.24, 2.45) is 18.9 Å². The molecule has 2 aliphatic carbocycles. The first-order valence-electron chi connectivity index (χ1n) is 7.74. The monoisotopic (exact) mass is 286 g/mol. The Morgan fingerprint density at radius 3 is 2.76 bits per heavy atom. The molecule has 2 heterocycles. The fourth-order valence-corrected chi connectivity index (χ4v) is 4.09. The van der Waals surface area contributed by atoms with Crippen molar-refractivity contribution in [3.63, 3.8) is 0 Å². The summed E-state index contributed by atoms with van der Waals surface area (Å²) >= 11 is 0. The zero-order valence-electron chi connectivity index (χ0n) is 12.9. The van der Waals surface area contributed by atoms with Gasteiger partial charge in [0.05, 0.1) is 0 Å². The Labute approximate surface area is 124 Å². The highest BCUT2D eigenvalue weighted by molar-refractivity contribution is 5.85. The third-order valence-corrected chi connectivity index (χ3v) is 5.09. The van der Waals surface area contributed by atoms with Crippen molar-refractivity contribution >= 4 is 22.9 Å². The molecule has 112 valence electrons. The maximum atomic E-state index is 4.72. The van der Waals surface area contributed by atoms with E-state index in [2.05, 4.69) is 15.3 Å². The fourth-order valence-electron chi connectivity index (χ4n) is 4.09. The molecule has 0 radical (unpaired) electrons. The molecule has 2 fully saturated rings. The summed E-state index contributed by atoms with van der Waals surface area (Å²) in [6, 6.07) is 0.562. The average Bonchev–Trinajstić information content (AvgIpc) is 3.14. The van der Waals surface area contributed by atoms with Gasteiger partial charge in [0.15, 0.2) is 17.0 Å². The number of aryl methyl sites for hydroxylation is 1. The largest absolute Gasteiger partial charge is 0.365 e. The zero-order valence-corrected chi connectivity index (χ0v) is 12.9. The highest BCUT2D eigenvalue weighted by atomic mass is 15.3. The molecule has 6 nitrogen and oxygen atoms in total. The van der Waals surface area contributed by atoms with Gasteiger partial charge >= 0.3 is 0 Å². The lowest BCUT2D eigenvalue weighted by Gasteiger charge is -2.23. The number of nitrogens with zero attached hydrogens (tertiary/aromatic N) is 5. The molecule has 0 amide bonds. The SMILES string of the molecule is CN(C)c1nc2c(NC3CC4CCC3C4)ncnc2n1C. The zero-order chi connectivity index (χ0) is 14.6. The molecule has 2 bridgehead atoms. The van der Waals surface area contributed by atoms with Gasteiger partial charge in [0, 0.05) is 27.2 Å². The Balaban J connectivity index is 1.70. The lowest BCUT2D eigenvalue weighted by Crippen LogP contribution is -2.26. The maximum absolute atomic E-state index is 4.72. The molecule has 1 N–H and O–H groups in total. The number of nitrogens with one attached hydrogen (secondary N) is 1. The summed E-state index contributed by atoms with van der Waals surface area (Å²) in [6.45, 7) is 0. The van der Waals surface area contributed by atoms with Crippen LogP contribution in [0.1, 0.15) is 25.7 Å². The molecule has 6 heteroatoms. The lowest BCUT2D eigenvalue weighted by molar-refractivity contribution is 0.439. The molecule has 4 rings (SSSR count). The first-order chi connectivity index (χ1) is 10.1. The van der Waals surface area contributed by atoms with Gasteiger partial charge in [-0.15, -0.1) is 0 Å². The van der Waals surface area contributed by atoms with E-state index in [1.165, 1.54) is 25.7 Å². The van der Waals surface area contributed by atoms with Gasteiger partial charge in [0.25, 0.3) is 0 Å². The highest BCUT2D eigenvalue weighted by Crippen LogP contribution is 2.45. The summed E-state index contributed by atoms with van der Waals surface area (Å²) in [6.07, 6.45) is 7.08. The van der Waals surface area contributed by atoms with Crippen LogP contribution in [0.2, 0.25) is 0 Å². The molecule has 2 aliphatic rings. The van der Waals surface area contributed by atoms with E-state index in [4.69, 9.17) is 4.98 Å². The van der Waals surface area contributed by atoms with Gasteiger partial charge < -0.3 is 10.2 Å². The van der Waals surface area contributed by atoms with Gasteiger partial charge in [-0.05, 0) is 31.1 Å². The van der Waals surface area contributed by atoms with Crippen LogP contribution in [0, 0.1) is 11.8 Å². The van der Waals surface area contributed by atoms with Crippen molar-refractivity contribution in [1.82, 2.24) is 19.5 Å². The van der Waals surface area contributed by atoms with Crippen LogP contribution >= 0.6 is 0 Å². The quantitative estimate of drug-likeness (QED) is 0.935. The molecule has 2 saturated carbocycles. The average molecular weight is 286 g/mol. The molecule has 0 spiro atoms. The van der Waals surface area contributed by atoms with Crippen LogP contribution in [0.3, 0.4) is 0 Å². The molecule has 2 aromatic heterocycles. The van der Waals surface area contributed by atoms with E-state index in [1.54, 1.807) is 6.33 Å². The standard InChI is InChI=1S/C15H22N6/c1-20(2)15-19-12-13(16-8-17-14(12)21(15)3)18-11-7-9-4-5-10(11)6-9/h8-11H,4-7H2,1-3H3,(H,16,17,18). The van der Waals surface area contributed by atoms with Crippen molar-refractivity contribution < 1.29 is 0 Å². The van der Waals surface area contributed by atoms with Gasteiger partial charge in [-0.25, -0.2) is 15.0 Å². The maximum Gasteiger partial charge on any atom is 0.207 e. The first kappa shape index (κ1) is 12.9. The molecule has 2 aromatic rings. The number of anilines is 2. The third-order valence-electron chi connectivity index (χ3n) is 5.09. The van der Waals surface area contributed by atoms with Crippen LogP contribution in [-0.2, 0) is 7.05 Å². The number of hydrogen-bond acceptors (Lipinski definition) is 5. The van der Waals surface area contributed by atoms with E-state index in [-0.39, 0.29) is 0 Å². The van der Waals surface area contributed by atoms with Gasteiger partial charge in [0.2, 0.25) is 5.95 Å². The minimum absolute atomic E-state index is 0.562. The minimum Gasteiger partial charge on any atom is -0.365 e. The Hall–Kier alpha value is -1.85. The topological polar surface area (TPSA) is 58.9 Å². The van der Waals surface area contributed by atoms with Crippen molar-refractivity contribution in [1.29, 1.82) is 0 Å². The summed E-state index contributed by atoms with van der Waals surface area (Å²) in [7, 11) is 5.99. The number of hydrogen-bond donors (Lipinski definition) is 1. The highest BCUT2D eigenvalue weighted by Gasteiger charge is 2.39. The van der Waals surface area contributed by atoms with Crippen LogP contribution in [0.15, 0.2) is 6.33 Å². The van der Waals surface area contributed by atoms with E-state index in [1.807, 2.05) is 30.6 Å². The first-order valence-corrected chi connectivity index (χ1v) is 7.74. The summed E-state index contributed by atoms with van der Waals surface area (Å²) in [5.74, 6) is 3.53. The Kier molecular flexibility index (Phi) is 2.80. The van der Waals surface area contributed by atoms with Gasteiger partial charge in [-0.3, -0.25) is 4.57 Å². The molecule has 21 heavy (non-hydrogen) atoms. The van der Waals surface area contributed by atoms with Crippen LogP contribution in [0.4, 0.5) is 11.8 Å². The second-order valence-electron chi connectivity index (χ2n) is 6.69. The molecule has 0 saturated heterocycles. The number of fused-ring (bicyclic) bond motifs is 3. The van der Waals surface area contributed by atoms with Crippen LogP contribution in [0.25, 0.3) is 11.2 Å². The fraction of sp³-hybridized carbons (Fsp3) is 0.667. The van der Waals surface area contributed by atoms with E-state index in [0.717, 1.165) is 34.8 Å². The molecule has 3 atom stereocenters. The van der Waals surface area contributed by atoms with Crippen molar-refractivity contribution in [2.75, 3.05) is 24.3 Å². The smallest absolute Gasteiger partial charge is 0.207 e. The Morgan fingerprint density at radius 2 is 2.10 bits per heavy atom. The van der Waals surface area contributed by atoms with Crippen LogP contribution < -0.4 is 10.2 Å². The van der Waals surface area contributed by atoms with Gasteiger partial charge in [-0.2, -0.15) is 0 Å². The lowest BCUT2D eigenvalue weighted by atomic mass is 9.95. The van der Waals surface area contributed by atoms with Gasteiger partial charge in [-0.1, -0.05) is 6.42 Å². The van der Waals surface area contributed by atoms with Crippen molar-refractivity contribution in [3.05, 3.63) is 6.33 Å². The van der Waals surface area contributed by atoms with E-state index < -0.39 is 0 Å². The van der Waals surface area contributed by atoms with E-state index in [0.29, 0.717) is 6.04 Å². The molecular formula is C15H22N6. The molecule has 0 aromatic carbocycles. The predicted molar refractivity (Wildman–Crippen MR) is 83.5 cm³/mol. The summed E-state index contributed by atoms with van der Waals surface area (Å²) in [5, 5.41) is 3.65. The van der Waals surface area contributed by atoms with E-state index in [9.17, 15) is 0 Å². The van der Waals surface area contributed by atoms with E-state index >= 15 is 0 Å². The Bertz CT molecular complexity index is 676. The van der Waals surface area contributed by atoms with Crippen LogP contribution in [-0.4, -0.2) is 39.7 Å². The number of rotatable bonds is 3. The summed E-state index contributed by atoms with van der Waals surface area (Å²) in [5.41, 5.74) is 1.77. The second-order valence-corrected chi connectivity index (χ2v) is 6.69. The predicted octanol–water partition coefficient (Wildman–Crippen LogP) is 2.03.